The molecule has 0 spiro atoms. The molecular formula is C30H30N2O8. The van der Waals surface area contributed by atoms with Crippen LogP contribution in [0, 0.1) is 0 Å². The van der Waals surface area contributed by atoms with E-state index in [1.54, 1.807) is 72.8 Å². The van der Waals surface area contributed by atoms with Crippen LogP contribution < -0.4 is 20.1 Å². The topological polar surface area (TPSA) is 129 Å². The number of esters is 3. The number of carbonyl (C=O) groups excluding carboxylic acids is 4. The molecule has 0 aromatic heterocycles. The lowest BCUT2D eigenvalue weighted by Gasteiger charge is -2.17. The van der Waals surface area contributed by atoms with Crippen molar-refractivity contribution in [3.8, 4) is 11.5 Å². The molecule has 10 nitrogen and oxygen atoms in total. The molecule has 208 valence electrons. The van der Waals surface area contributed by atoms with E-state index in [1.165, 1.54) is 13.0 Å². The van der Waals surface area contributed by atoms with E-state index in [2.05, 4.69) is 10.6 Å². The molecule has 0 bridgehead atoms. The number of hydrogen-bond donors (Lipinski definition) is 2. The molecule has 1 aliphatic rings. The zero-order valence-corrected chi connectivity index (χ0v) is 22.0. The zero-order chi connectivity index (χ0) is 28.3. The van der Waals surface area contributed by atoms with Gasteiger partial charge in [-0.25, -0.2) is 14.4 Å². The van der Waals surface area contributed by atoms with Gasteiger partial charge in [0.05, 0.1) is 11.1 Å². The maximum Gasteiger partial charge on any atom is 0.410 e. The van der Waals surface area contributed by atoms with Gasteiger partial charge in [0.25, 0.3) is 0 Å². The zero-order valence-electron chi connectivity index (χ0n) is 22.0. The highest BCUT2D eigenvalue weighted by molar-refractivity contribution is 5.93. The Morgan fingerprint density at radius 3 is 2.08 bits per heavy atom. The molecule has 3 aromatic rings. The molecule has 3 aromatic carbocycles. The molecule has 2 N–H and O–H groups in total. The number of carbonyl (C=O) groups is 4. The van der Waals surface area contributed by atoms with Gasteiger partial charge in [-0.15, -0.1) is 0 Å². The summed E-state index contributed by atoms with van der Waals surface area (Å²) in [5, 5.41) is 5.62. The van der Waals surface area contributed by atoms with Crippen molar-refractivity contribution in [2.45, 2.75) is 38.5 Å². The van der Waals surface area contributed by atoms with E-state index in [1.807, 2.05) is 0 Å². The highest BCUT2D eigenvalue weighted by Crippen LogP contribution is 2.30. The average molecular weight is 547 g/mol. The number of benzene rings is 3. The molecule has 40 heavy (non-hydrogen) atoms. The maximum absolute atomic E-state index is 12.7. The lowest BCUT2D eigenvalue weighted by molar-refractivity contribution is -0.167. The van der Waals surface area contributed by atoms with Gasteiger partial charge in [-0.3, -0.25) is 4.79 Å². The highest BCUT2D eigenvalue weighted by Gasteiger charge is 2.26. The highest BCUT2D eigenvalue weighted by atomic mass is 16.7. The first-order valence-electron chi connectivity index (χ1n) is 12.9. The van der Waals surface area contributed by atoms with Crippen LogP contribution in [0.3, 0.4) is 0 Å². The second-order valence-corrected chi connectivity index (χ2v) is 9.03. The van der Waals surface area contributed by atoms with E-state index >= 15 is 0 Å². The molecule has 10 heteroatoms. The summed E-state index contributed by atoms with van der Waals surface area (Å²) in [5.41, 5.74) is 1.37. The normalized spacial score (nSPS) is 15.0. The van der Waals surface area contributed by atoms with Crippen LogP contribution in [0.4, 0.5) is 4.79 Å². The molecule has 1 heterocycles. The predicted octanol–water partition coefficient (Wildman–Crippen LogP) is 4.03. The minimum atomic E-state index is -1.04. The lowest BCUT2D eigenvalue weighted by Crippen LogP contribution is -2.37. The van der Waals surface area contributed by atoms with Crippen LogP contribution in [0.25, 0.3) is 0 Å². The molecule has 1 aliphatic heterocycles. The van der Waals surface area contributed by atoms with Crippen molar-refractivity contribution in [3.05, 3.63) is 95.6 Å². The molecule has 4 rings (SSSR count). The third kappa shape index (κ3) is 8.15. The summed E-state index contributed by atoms with van der Waals surface area (Å²) in [6.45, 7) is 2.40. The van der Waals surface area contributed by atoms with E-state index in [9.17, 15) is 19.2 Å². The van der Waals surface area contributed by atoms with Crippen LogP contribution in [0.2, 0.25) is 0 Å². The number of amides is 1. The SMILES string of the molecule is CC(OC(=O)NCCc1ccc(OC(=O)c2ccccc2)c(OC(=O)c2ccccc2)c1)OC(=O)C1CCCN1. The summed E-state index contributed by atoms with van der Waals surface area (Å²) < 4.78 is 21.4. The minimum Gasteiger partial charge on any atom is -0.424 e. The number of nitrogens with one attached hydrogen (secondary N) is 2. The van der Waals surface area contributed by atoms with Crippen LogP contribution in [0.15, 0.2) is 78.9 Å². The van der Waals surface area contributed by atoms with Crippen LogP contribution in [0.5, 0.6) is 11.5 Å². The summed E-state index contributed by atoms with van der Waals surface area (Å²) >= 11 is 0. The van der Waals surface area contributed by atoms with Crippen LogP contribution in [0.1, 0.15) is 46.0 Å². The Kier molecular flexibility index (Phi) is 9.84. The summed E-state index contributed by atoms with van der Waals surface area (Å²) in [6.07, 6.45) is 0.128. The summed E-state index contributed by atoms with van der Waals surface area (Å²) in [5.74, 6) is -1.55. The van der Waals surface area contributed by atoms with E-state index in [0.29, 0.717) is 29.5 Å². The number of rotatable bonds is 10. The van der Waals surface area contributed by atoms with Crippen molar-refractivity contribution in [3.63, 3.8) is 0 Å². The van der Waals surface area contributed by atoms with Crippen molar-refractivity contribution in [1.82, 2.24) is 10.6 Å². The summed E-state index contributed by atoms with van der Waals surface area (Å²) in [4.78, 5) is 49.6. The second-order valence-electron chi connectivity index (χ2n) is 9.03. The second kappa shape index (κ2) is 13.9. The predicted molar refractivity (Wildman–Crippen MR) is 144 cm³/mol. The molecule has 1 saturated heterocycles. The molecule has 0 radical (unpaired) electrons. The monoisotopic (exact) mass is 546 g/mol. The molecule has 2 atom stereocenters. The van der Waals surface area contributed by atoms with Gasteiger partial charge in [-0.1, -0.05) is 42.5 Å². The van der Waals surface area contributed by atoms with Gasteiger partial charge in [0.1, 0.15) is 6.04 Å². The van der Waals surface area contributed by atoms with Gasteiger partial charge in [0.15, 0.2) is 11.5 Å². The number of alkyl carbamates (subject to hydrolysis) is 1. The molecule has 0 saturated carbocycles. The molecule has 2 unspecified atom stereocenters. The van der Waals surface area contributed by atoms with E-state index in [4.69, 9.17) is 18.9 Å². The summed E-state index contributed by atoms with van der Waals surface area (Å²) in [6, 6.07) is 21.3. The van der Waals surface area contributed by atoms with Gasteiger partial charge in [0, 0.05) is 13.5 Å². The molecule has 1 amide bonds. The first-order chi connectivity index (χ1) is 19.4. The first kappa shape index (κ1) is 28.3. The van der Waals surface area contributed by atoms with Crippen molar-refractivity contribution in [2.75, 3.05) is 13.1 Å². The van der Waals surface area contributed by atoms with Crippen LogP contribution in [-0.4, -0.2) is 49.4 Å². The average Bonchev–Trinajstić information content (AvgIpc) is 3.51. The Morgan fingerprint density at radius 2 is 1.48 bits per heavy atom. The Morgan fingerprint density at radius 1 is 0.850 bits per heavy atom. The van der Waals surface area contributed by atoms with Crippen molar-refractivity contribution >= 4 is 24.0 Å². The van der Waals surface area contributed by atoms with Crippen molar-refractivity contribution in [2.24, 2.45) is 0 Å². The Bertz CT molecular complexity index is 1320. The number of ether oxygens (including phenoxy) is 4. The Labute approximate surface area is 231 Å². The third-order valence-corrected chi connectivity index (χ3v) is 6.02. The fourth-order valence-corrected chi connectivity index (χ4v) is 3.99. The molecule has 0 aliphatic carbocycles. The minimum absolute atomic E-state index is 0.0549. The van der Waals surface area contributed by atoms with Gasteiger partial charge in [-0.05, 0) is 67.8 Å². The van der Waals surface area contributed by atoms with E-state index in [-0.39, 0.29) is 24.1 Å². The summed E-state index contributed by atoms with van der Waals surface area (Å²) in [7, 11) is 0. The van der Waals surface area contributed by atoms with Crippen LogP contribution in [-0.2, 0) is 20.7 Å². The fourth-order valence-electron chi connectivity index (χ4n) is 3.99. The lowest BCUT2D eigenvalue weighted by atomic mass is 10.1. The van der Waals surface area contributed by atoms with Gasteiger partial charge in [0.2, 0.25) is 6.29 Å². The maximum atomic E-state index is 12.7. The van der Waals surface area contributed by atoms with Crippen LogP contribution >= 0.6 is 0 Å². The standard InChI is InChI=1S/C30H30N2O8/c1-20(37-29(35)24-13-8-17-31-24)38-30(36)32-18-16-21-14-15-25(39-27(33)22-9-4-2-5-10-22)26(19-21)40-28(34)23-11-6-3-7-12-23/h2-7,9-12,14-15,19-20,24,31H,8,13,16-18H2,1H3,(H,32,36). The van der Waals surface area contributed by atoms with E-state index < -0.39 is 30.3 Å². The quantitative estimate of drug-likeness (QED) is 0.220. The number of hydrogen-bond acceptors (Lipinski definition) is 9. The fraction of sp³-hybridized carbons (Fsp3) is 0.267. The van der Waals surface area contributed by atoms with Gasteiger partial charge < -0.3 is 29.6 Å². The third-order valence-electron chi connectivity index (χ3n) is 6.02. The Balaban J connectivity index is 1.36. The smallest absolute Gasteiger partial charge is 0.410 e. The van der Waals surface area contributed by atoms with Gasteiger partial charge in [-0.2, -0.15) is 0 Å². The molecular weight excluding hydrogens is 516 g/mol. The van der Waals surface area contributed by atoms with Crippen molar-refractivity contribution < 1.29 is 38.1 Å². The molecule has 1 fully saturated rings. The van der Waals surface area contributed by atoms with Gasteiger partial charge >= 0.3 is 24.0 Å². The Hall–Kier alpha value is -4.70. The van der Waals surface area contributed by atoms with Crippen molar-refractivity contribution in [1.29, 1.82) is 0 Å². The first-order valence-corrected chi connectivity index (χ1v) is 12.9. The van der Waals surface area contributed by atoms with E-state index in [0.717, 1.165) is 13.0 Å². The largest absolute Gasteiger partial charge is 0.424 e.